The predicted octanol–water partition coefficient (Wildman–Crippen LogP) is 3.33. The second-order valence-corrected chi connectivity index (χ2v) is 5.88. The molecule has 1 N–H and O–H groups in total. The number of aromatic nitrogens is 2. The number of thioether (sulfide) groups is 1. The summed E-state index contributed by atoms with van der Waals surface area (Å²) in [6, 6.07) is 11.3. The van der Waals surface area contributed by atoms with Gasteiger partial charge in [0.1, 0.15) is 5.82 Å². The lowest BCUT2D eigenvalue weighted by Gasteiger charge is -2.06. The molecule has 0 aliphatic carbocycles. The summed E-state index contributed by atoms with van der Waals surface area (Å²) in [4.78, 5) is 19.0. The van der Waals surface area contributed by atoms with E-state index in [2.05, 4.69) is 23.8 Å². The molecule has 0 saturated carbocycles. The third-order valence-corrected chi connectivity index (χ3v) is 3.93. The van der Waals surface area contributed by atoms with Gasteiger partial charge in [-0.3, -0.25) is 4.79 Å². The maximum atomic E-state index is 11.7. The van der Waals surface area contributed by atoms with Crippen LogP contribution in [-0.2, 0) is 5.75 Å². The molecule has 0 fully saturated rings. The number of H-pyrrole nitrogens is 1. The molecule has 0 radical (unpaired) electrons. The van der Waals surface area contributed by atoms with E-state index in [9.17, 15) is 4.79 Å². The van der Waals surface area contributed by atoms with E-state index < -0.39 is 0 Å². The lowest BCUT2D eigenvalue weighted by molar-refractivity contribution is 0.749. The highest BCUT2D eigenvalue weighted by Crippen LogP contribution is 2.17. The number of benzene rings is 1. The van der Waals surface area contributed by atoms with Crippen LogP contribution in [0.3, 0.4) is 0 Å². The molecule has 19 heavy (non-hydrogen) atoms. The zero-order chi connectivity index (χ0) is 13.7. The minimum atomic E-state index is -0.0889. The highest BCUT2D eigenvalue weighted by molar-refractivity contribution is 7.98. The maximum absolute atomic E-state index is 11.7. The zero-order valence-corrected chi connectivity index (χ0v) is 12.0. The van der Waals surface area contributed by atoms with E-state index in [-0.39, 0.29) is 5.56 Å². The number of hydrogen-bond acceptors (Lipinski definition) is 3. The number of hydrogen-bond donors (Lipinski definition) is 1. The molecule has 1 aromatic heterocycles. The van der Waals surface area contributed by atoms with Gasteiger partial charge < -0.3 is 4.98 Å². The van der Waals surface area contributed by atoms with Crippen LogP contribution in [0.5, 0.6) is 0 Å². The molecule has 0 amide bonds. The van der Waals surface area contributed by atoms with Crippen LogP contribution < -0.4 is 5.56 Å². The summed E-state index contributed by atoms with van der Waals surface area (Å²) in [5, 5.41) is 0. The monoisotopic (exact) mass is 274 g/mol. The summed E-state index contributed by atoms with van der Waals surface area (Å²) in [6.45, 7) is 4.37. The van der Waals surface area contributed by atoms with Crippen LogP contribution in [0.15, 0.2) is 41.2 Å². The summed E-state index contributed by atoms with van der Waals surface area (Å²) in [5.74, 6) is 3.21. The maximum Gasteiger partial charge on any atom is 0.251 e. The summed E-state index contributed by atoms with van der Waals surface area (Å²) < 4.78 is 0. The Morgan fingerprint density at radius 2 is 2.00 bits per heavy atom. The van der Waals surface area contributed by atoms with Crippen LogP contribution in [0.25, 0.3) is 11.3 Å². The molecule has 1 aromatic carbocycles. The number of aromatic amines is 1. The summed E-state index contributed by atoms with van der Waals surface area (Å²) in [7, 11) is 0. The van der Waals surface area contributed by atoms with Gasteiger partial charge in [-0.05, 0) is 11.7 Å². The first kappa shape index (κ1) is 13.9. The number of nitrogens with zero attached hydrogens (tertiary/aromatic N) is 1. The number of nitrogens with one attached hydrogen (secondary N) is 1. The highest BCUT2D eigenvalue weighted by atomic mass is 32.2. The Kier molecular flexibility index (Phi) is 4.80. The van der Waals surface area contributed by atoms with Gasteiger partial charge in [-0.2, -0.15) is 11.8 Å². The Labute approximate surface area is 117 Å². The molecule has 0 bridgehead atoms. The van der Waals surface area contributed by atoms with Gasteiger partial charge in [-0.15, -0.1) is 0 Å². The first-order valence-electron chi connectivity index (χ1n) is 6.38. The van der Waals surface area contributed by atoms with Gasteiger partial charge in [0, 0.05) is 11.6 Å². The van der Waals surface area contributed by atoms with Crippen molar-refractivity contribution in [3.63, 3.8) is 0 Å². The minimum absolute atomic E-state index is 0.0889. The SMILES string of the molecule is CC(C)CSCc1nc(-c2ccccc2)cc(=O)[nH]1. The summed E-state index contributed by atoms with van der Waals surface area (Å²) in [6.07, 6.45) is 0. The molecule has 0 aliphatic heterocycles. The molecule has 1 heterocycles. The van der Waals surface area contributed by atoms with Gasteiger partial charge in [0.05, 0.1) is 11.4 Å². The Bertz CT molecular complexity index is 578. The van der Waals surface area contributed by atoms with Crippen molar-refractivity contribution in [2.75, 3.05) is 5.75 Å². The van der Waals surface area contributed by atoms with Crippen LogP contribution in [0, 0.1) is 5.92 Å². The van der Waals surface area contributed by atoms with Crippen molar-refractivity contribution in [2.24, 2.45) is 5.92 Å². The molecule has 0 unspecified atom stereocenters. The highest BCUT2D eigenvalue weighted by Gasteiger charge is 2.04. The Hall–Kier alpha value is -1.55. The second kappa shape index (κ2) is 6.57. The molecule has 0 saturated heterocycles. The van der Waals surface area contributed by atoms with Crippen LogP contribution in [0.2, 0.25) is 0 Å². The third-order valence-electron chi connectivity index (χ3n) is 2.55. The van der Waals surface area contributed by atoms with Crippen molar-refractivity contribution < 1.29 is 0 Å². The average Bonchev–Trinajstić information content (AvgIpc) is 2.39. The first-order valence-corrected chi connectivity index (χ1v) is 7.54. The molecule has 0 aliphatic rings. The van der Waals surface area contributed by atoms with Gasteiger partial charge in [0.15, 0.2) is 0 Å². The zero-order valence-electron chi connectivity index (χ0n) is 11.2. The molecule has 0 atom stereocenters. The van der Waals surface area contributed by atoms with E-state index in [0.29, 0.717) is 5.92 Å². The smallest absolute Gasteiger partial charge is 0.251 e. The van der Waals surface area contributed by atoms with Gasteiger partial charge >= 0.3 is 0 Å². The van der Waals surface area contributed by atoms with E-state index >= 15 is 0 Å². The molecular formula is C15H18N2OS. The van der Waals surface area contributed by atoms with Gasteiger partial charge in [-0.1, -0.05) is 44.2 Å². The van der Waals surface area contributed by atoms with Crippen molar-refractivity contribution in [1.82, 2.24) is 9.97 Å². The van der Waals surface area contributed by atoms with Crippen molar-refractivity contribution in [2.45, 2.75) is 19.6 Å². The van der Waals surface area contributed by atoms with Crippen molar-refractivity contribution >= 4 is 11.8 Å². The minimum Gasteiger partial charge on any atom is -0.310 e. The Morgan fingerprint density at radius 1 is 1.26 bits per heavy atom. The molecule has 3 nitrogen and oxygen atoms in total. The largest absolute Gasteiger partial charge is 0.310 e. The molecular weight excluding hydrogens is 256 g/mol. The molecule has 2 aromatic rings. The van der Waals surface area contributed by atoms with Crippen molar-refractivity contribution in [1.29, 1.82) is 0 Å². The second-order valence-electron chi connectivity index (χ2n) is 4.85. The topological polar surface area (TPSA) is 45.8 Å². The lowest BCUT2D eigenvalue weighted by atomic mass is 10.1. The molecule has 0 spiro atoms. The van der Waals surface area contributed by atoms with E-state index in [1.165, 1.54) is 0 Å². The molecule has 100 valence electrons. The van der Waals surface area contributed by atoms with E-state index in [0.717, 1.165) is 28.6 Å². The predicted molar refractivity (Wildman–Crippen MR) is 81.3 cm³/mol. The summed E-state index contributed by atoms with van der Waals surface area (Å²) in [5.41, 5.74) is 1.63. The normalized spacial score (nSPS) is 10.9. The van der Waals surface area contributed by atoms with Crippen LogP contribution >= 0.6 is 11.8 Å². The first-order chi connectivity index (χ1) is 9.15. The van der Waals surface area contributed by atoms with E-state index in [1.54, 1.807) is 17.8 Å². The fourth-order valence-corrected chi connectivity index (χ4v) is 2.64. The fraction of sp³-hybridized carbons (Fsp3) is 0.333. The van der Waals surface area contributed by atoms with Crippen LogP contribution in [0.1, 0.15) is 19.7 Å². The van der Waals surface area contributed by atoms with Crippen LogP contribution in [0.4, 0.5) is 0 Å². The average molecular weight is 274 g/mol. The Balaban J connectivity index is 2.18. The van der Waals surface area contributed by atoms with Gasteiger partial charge in [0.25, 0.3) is 5.56 Å². The van der Waals surface area contributed by atoms with E-state index in [1.807, 2.05) is 30.3 Å². The quantitative estimate of drug-likeness (QED) is 0.909. The lowest BCUT2D eigenvalue weighted by Crippen LogP contribution is -2.10. The molecule has 2 rings (SSSR count). The van der Waals surface area contributed by atoms with Crippen LogP contribution in [-0.4, -0.2) is 15.7 Å². The number of rotatable bonds is 5. The third kappa shape index (κ3) is 4.24. The Morgan fingerprint density at radius 3 is 2.68 bits per heavy atom. The molecule has 4 heteroatoms. The summed E-state index contributed by atoms with van der Waals surface area (Å²) >= 11 is 1.79. The fourth-order valence-electron chi connectivity index (χ4n) is 1.72. The van der Waals surface area contributed by atoms with Crippen molar-refractivity contribution in [3.05, 3.63) is 52.6 Å². The van der Waals surface area contributed by atoms with E-state index in [4.69, 9.17) is 0 Å². The van der Waals surface area contributed by atoms with Gasteiger partial charge in [-0.25, -0.2) is 4.98 Å². The standard InChI is InChI=1S/C15H18N2OS/c1-11(2)9-19-10-14-16-13(8-15(18)17-14)12-6-4-3-5-7-12/h3-8,11H,9-10H2,1-2H3,(H,16,17,18). The van der Waals surface area contributed by atoms with Gasteiger partial charge in [0.2, 0.25) is 0 Å². The van der Waals surface area contributed by atoms with Crippen molar-refractivity contribution in [3.8, 4) is 11.3 Å².